The van der Waals surface area contributed by atoms with E-state index in [0.717, 1.165) is 22.2 Å². The van der Waals surface area contributed by atoms with Crippen LogP contribution in [0.25, 0.3) is 0 Å². The topological polar surface area (TPSA) is 57.6 Å². The number of hydrogen-bond acceptors (Lipinski definition) is 4. The van der Waals surface area contributed by atoms with Crippen molar-refractivity contribution in [2.75, 3.05) is 13.2 Å². The Kier molecular flexibility index (Phi) is 3.94. The van der Waals surface area contributed by atoms with Gasteiger partial charge in [-0.15, -0.1) is 11.3 Å². The molecule has 0 radical (unpaired) electrons. The molecule has 0 saturated carbocycles. The van der Waals surface area contributed by atoms with Gasteiger partial charge in [0.05, 0.1) is 10.4 Å². The van der Waals surface area contributed by atoms with Crippen LogP contribution in [0.3, 0.4) is 0 Å². The number of hydrogen-bond donors (Lipinski definition) is 1. The molecule has 7 heteroatoms. The number of sulfonamides is 1. The smallest absolute Gasteiger partial charge is 0.252 e. The number of aryl methyl sites for hydroxylation is 1. The molecule has 1 aliphatic heterocycles. The number of aliphatic hydroxyl groups excluding tert-OH is 1. The van der Waals surface area contributed by atoms with Gasteiger partial charge in [0.1, 0.15) is 4.21 Å². The van der Waals surface area contributed by atoms with Crippen LogP contribution in [0, 0.1) is 6.92 Å². The minimum atomic E-state index is -3.44. The largest absolute Gasteiger partial charge is 0.395 e. The van der Waals surface area contributed by atoms with Gasteiger partial charge in [0, 0.05) is 12.6 Å². The number of halogens is 1. The maximum atomic E-state index is 12.4. The van der Waals surface area contributed by atoms with Gasteiger partial charge in [0.2, 0.25) is 0 Å². The monoisotopic (exact) mass is 339 g/mol. The summed E-state index contributed by atoms with van der Waals surface area (Å²) in [7, 11) is -3.44. The van der Waals surface area contributed by atoms with Gasteiger partial charge in [-0.25, -0.2) is 8.42 Å². The Morgan fingerprint density at radius 1 is 1.65 bits per heavy atom. The lowest BCUT2D eigenvalue weighted by molar-refractivity contribution is 0.213. The van der Waals surface area contributed by atoms with E-state index in [1.54, 1.807) is 6.07 Å². The number of rotatable bonds is 3. The van der Waals surface area contributed by atoms with Gasteiger partial charge in [-0.3, -0.25) is 0 Å². The van der Waals surface area contributed by atoms with Crippen LogP contribution in [0.4, 0.5) is 0 Å². The summed E-state index contributed by atoms with van der Waals surface area (Å²) in [4.78, 5) is 0. The Balaban J connectivity index is 2.36. The lowest BCUT2D eigenvalue weighted by atomic mass is 10.2. The molecule has 0 spiro atoms. The third-order valence-electron chi connectivity index (χ3n) is 2.93. The van der Waals surface area contributed by atoms with E-state index in [1.807, 2.05) is 6.92 Å². The van der Waals surface area contributed by atoms with Gasteiger partial charge in [0.15, 0.2) is 0 Å². The lowest BCUT2D eigenvalue weighted by Gasteiger charge is -2.21. The highest BCUT2D eigenvalue weighted by Crippen LogP contribution is 2.34. The second-order valence-corrected chi connectivity index (χ2v) is 8.60. The van der Waals surface area contributed by atoms with E-state index in [0.29, 0.717) is 10.8 Å². The normalized spacial score (nSPS) is 22.2. The van der Waals surface area contributed by atoms with Crippen LogP contribution in [-0.2, 0) is 10.0 Å². The first-order valence-electron chi connectivity index (χ1n) is 5.35. The molecule has 1 saturated heterocycles. The van der Waals surface area contributed by atoms with Gasteiger partial charge in [-0.05, 0) is 47.3 Å². The van der Waals surface area contributed by atoms with E-state index in [9.17, 15) is 13.5 Å². The fourth-order valence-electron chi connectivity index (χ4n) is 1.98. The van der Waals surface area contributed by atoms with Crippen molar-refractivity contribution >= 4 is 37.3 Å². The maximum absolute atomic E-state index is 12.4. The maximum Gasteiger partial charge on any atom is 0.252 e. The summed E-state index contributed by atoms with van der Waals surface area (Å²) < 4.78 is 27.4. The average molecular weight is 340 g/mol. The van der Waals surface area contributed by atoms with Gasteiger partial charge in [-0.1, -0.05) is 0 Å². The highest BCUT2D eigenvalue weighted by molar-refractivity contribution is 9.11. The average Bonchev–Trinajstić information content (AvgIpc) is 2.86. The molecule has 1 N–H and O–H groups in total. The molecule has 96 valence electrons. The molecule has 0 unspecified atom stereocenters. The van der Waals surface area contributed by atoms with E-state index in [1.165, 1.54) is 15.6 Å². The first-order valence-corrected chi connectivity index (χ1v) is 8.40. The summed E-state index contributed by atoms with van der Waals surface area (Å²) in [5.41, 5.74) is 0.924. The third kappa shape index (κ3) is 2.44. The molecule has 1 aromatic heterocycles. The lowest BCUT2D eigenvalue weighted by Crippen LogP contribution is -2.37. The van der Waals surface area contributed by atoms with Crippen molar-refractivity contribution in [2.45, 2.75) is 30.0 Å². The predicted octanol–water partition coefficient (Wildman–Crippen LogP) is 1.96. The Hall–Kier alpha value is 0.0500. The molecule has 0 bridgehead atoms. The zero-order valence-corrected chi connectivity index (χ0v) is 12.6. The summed E-state index contributed by atoms with van der Waals surface area (Å²) >= 11 is 4.56. The SMILES string of the molecule is Cc1cc(S(=O)(=O)N2CCC[C@@H]2CO)sc1Br. The Morgan fingerprint density at radius 2 is 2.35 bits per heavy atom. The summed E-state index contributed by atoms with van der Waals surface area (Å²) in [5.74, 6) is 0. The van der Waals surface area contributed by atoms with Crippen molar-refractivity contribution in [2.24, 2.45) is 0 Å². The summed E-state index contributed by atoms with van der Waals surface area (Å²) in [6.07, 6.45) is 1.55. The first-order chi connectivity index (χ1) is 7.96. The van der Waals surface area contributed by atoms with E-state index < -0.39 is 10.0 Å². The fourth-order valence-corrected chi connectivity index (χ4v) is 6.02. The second-order valence-electron chi connectivity index (χ2n) is 4.12. The summed E-state index contributed by atoms with van der Waals surface area (Å²) in [6, 6.07) is 1.41. The molecular weight excluding hydrogens is 326 g/mol. The van der Waals surface area contributed by atoms with E-state index in [2.05, 4.69) is 15.9 Å². The zero-order chi connectivity index (χ0) is 12.6. The van der Waals surface area contributed by atoms with Crippen molar-refractivity contribution in [1.82, 2.24) is 4.31 Å². The van der Waals surface area contributed by atoms with Gasteiger partial charge in [-0.2, -0.15) is 4.31 Å². The molecule has 2 rings (SSSR count). The molecule has 2 heterocycles. The summed E-state index contributed by atoms with van der Waals surface area (Å²) in [5, 5.41) is 9.19. The highest BCUT2D eigenvalue weighted by atomic mass is 79.9. The van der Waals surface area contributed by atoms with E-state index >= 15 is 0 Å². The van der Waals surface area contributed by atoms with Gasteiger partial charge in [0.25, 0.3) is 10.0 Å². The van der Waals surface area contributed by atoms with Crippen LogP contribution in [0.2, 0.25) is 0 Å². The quantitative estimate of drug-likeness (QED) is 0.915. The minimum Gasteiger partial charge on any atom is -0.395 e. The highest BCUT2D eigenvalue weighted by Gasteiger charge is 2.35. The predicted molar refractivity (Wildman–Crippen MR) is 70.8 cm³/mol. The van der Waals surface area contributed by atoms with Crippen LogP contribution in [0.15, 0.2) is 14.1 Å². The molecule has 4 nitrogen and oxygen atoms in total. The van der Waals surface area contributed by atoms with Crippen molar-refractivity contribution in [3.63, 3.8) is 0 Å². The number of aliphatic hydroxyl groups is 1. The van der Waals surface area contributed by atoms with Crippen LogP contribution in [-0.4, -0.2) is 37.0 Å². The molecule has 0 amide bonds. The second kappa shape index (κ2) is 4.97. The Bertz CT molecular complexity index is 492. The molecular formula is C10H14BrNO3S2. The summed E-state index contributed by atoms with van der Waals surface area (Å²) in [6.45, 7) is 2.26. The third-order valence-corrected chi connectivity index (χ3v) is 7.47. The molecule has 1 atom stereocenters. The minimum absolute atomic E-state index is 0.106. The van der Waals surface area contributed by atoms with Crippen molar-refractivity contribution in [3.8, 4) is 0 Å². The molecule has 17 heavy (non-hydrogen) atoms. The van der Waals surface area contributed by atoms with Crippen molar-refractivity contribution in [1.29, 1.82) is 0 Å². The van der Waals surface area contributed by atoms with Crippen LogP contribution in [0.1, 0.15) is 18.4 Å². The van der Waals surface area contributed by atoms with E-state index in [-0.39, 0.29) is 12.6 Å². The van der Waals surface area contributed by atoms with Crippen molar-refractivity contribution in [3.05, 3.63) is 15.4 Å². The number of thiophene rings is 1. The molecule has 1 fully saturated rings. The standard InChI is InChI=1S/C10H14BrNO3S2/c1-7-5-9(16-10(7)11)17(14,15)12-4-2-3-8(12)6-13/h5,8,13H,2-4,6H2,1H3/t8-/m1/s1. The van der Waals surface area contributed by atoms with Crippen LogP contribution < -0.4 is 0 Å². The zero-order valence-electron chi connectivity index (χ0n) is 9.39. The Morgan fingerprint density at radius 3 is 2.88 bits per heavy atom. The Labute approximate surface area is 113 Å². The van der Waals surface area contributed by atoms with Crippen molar-refractivity contribution < 1.29 is 13.5 Å². The van der Waals surface area contributed by atoms with E-state index in [4.69, 9.17) is 0 Å². The van der Waals surface area contributed by atoms with Gasteiger partial charge < -0.3 is 5.11 Å². The van der Waals surface area contributed by atoms with Gasteiger partial charge >= 0.3 is 0 Å². The molecule has 0 aromatic carbocycles. The fraction of sp³-hybridized carbons (Fsp3) is 0.600. The van der Waals surface area contributed by atoms with Crippen LogP contribution in [0.5, 0.6) is 0 Å². The molecule has 0 aliphatic carbocycles. The van der Waals surface area contributed by atoms with Crippen LogP contribution >= 0.6 is 27.3 Å². The molecule has 1 aromatic rings. The molecule has 1 aliphatic rings. The number of nitrogens with zero attached hydrogens (tertiary/aromatic N) is 1. The first kappa shape index (κ1) is 13.5.